The molecule has 1 fully saturated rings. The average Bonchev–Trinajstić information content (AvgIpc) is 2.85. The van der Waals surface area contributed by atoms with Gasteiger partial charge >= 0.3 is 12.1 Å². The van der Waals surface area contributed by atoms with Crippen molar-refractivity contribution in [2.45, 2.75) is 23.7 Å². The normalized spacial score (nSPS) is 26.3. The Labute approximate surface area is 126 Å². The highest BCUT2D eigenvalue weighted by Gasteiger charge is 2.69. The van der Waals surface area contributed by atoms with Crippen molar-refractivity contribution in [1.82, 2.24) is 0 Å². The SMILES string of the molecule is COC(=O)OC(C1C(C(=O)OC)C1(C)C)C(Cl)(Cl)Cl. The minimum atomic E-state index is -1.86. The maximum atomic E-state index is 11.7. The second-order valence-corrected chi connectivity index (χ2v) is 7.25. The van der Waals surface area contributed by atoms with Gasteiger partial charge in [0.25, 0.3) is 0 Å². The second kappa shape index (κ2) is 5.54. The molecule has 5 nitrogen and oxygen atoms in total. The molecular weight excluding hydrogens is 318 g/mol. The Morgan fingerprint density at radius 1 is 1.16 bits per heavy atom. The molecule has 0 radical (unpaired) electrons. The Morgan fingerprint density at radius 2 is 1.68 bits per heavy atom. The Hall–Kier alpha value is -0.390. The van der Waals surface area contributed by atoms with Crippen LogP contribution in [0.4, 0.5) is 4.79 Å². The van der Waals surface area contributed by atoms with Gasteiger partial charge in [0, 0.05) is 5.92 Å². The molecule has 19 heavy (non-hydrogen) atoms. The molecule has 0 aromatic rings. The van der Waals surface area contributed by atoms with E-state index in [4.69, 9.17) is 44.3 Å². The first kappa shape index (κ1) is 16.7. The van der Waals surface area contributed by atoms with E-state index in [2.05, 4.69) is 4.74 Å². The minimum absolute atomic E-state index is 0.428. The number of carbonyl (C=O) groups excluding carboxylic acids is 2. The summed E-state index contributed by atoms with van der Waals surface area (Å²) in [5.74, 6) is -1.38. The quantitative estimate of drug-likeness (QED) is 0.587. The van der Waals surface area contributed by atoms with E-state index in [1.165, 1.54) is 7.11 Å². The fourth-order valence-corrected chi connectivity index (χ4v) is 2.86. The Bertz CT molecular complexity index is 377. The molecule has 0 amide bonds. The zero-order valence-corrected chi connectivity index (χ0v) is 13.2. The molecule has 0 spiro atoms. The van der Waals surface area contributed by atoms with E-state index in [9.17, 15) is 9.59 Å². The van der Waals surface area contributed by atoms with E-state index >= 15 is 0 Å². The van der Waals surface area contributed by atoms with Crippen molar-refractivity contribution in [1.29, 1.82) is 0 Å². The molecule has 0 N–H and O–H groups in total. The van der Waals surface area contributed by atoms with Crippen molar-refractivity contribution in [3.63, 3.8) is 0 Å². The van der Waals surface area contributed by atoms with Crippen LogP contribution in [0.15, 0.2) is 0 Å². The highest BCUT2D eigenvalue weighted by atomic mass is 35.6. The first-order valence-corrected chi connectivity index (χ1v) is 6.60. The number of ether oxygens (including phenoxy) is 3. The van der Waals surface area contributed by atoms with Crippen molar-refractivity contribution in [3.05, 3.63) is 0 Å². The summed E-state index contributed by atoms with van der Waals surface area (Å²) in [7, 11) is 2.42. The Balaban J connectivity index is 2.95. The van der Waals surface area contributed by atoms with Crippen LogP contribution in [-0.4, -0.2) is 36.2 Å². The topological polar surface area (TPSA) is 61.8 Å². The van der Waals surface area contributed by atoms with Gasteiger partial charge in [-0.3, -0.25) is 4.79 Å². The zero-order valence-electron chi connectivity index (χ0n) is 10.9. The summed E-state index contributed by atoms with van der Waals surface area (Å²) >= 11 is 17.5. The molecule has 1 saturated carbocycles. The maximum absolute atomic E-state index is 11.7. The summed E-state index contributed by atoms with van der Waals surface area (Å²) in [6.45, 7) is 3.62. The van der Waals surface area contributed by atoms with Gasteiger partial charge in [0.05, 0.1) is 20.1 Å². The van der Waals surface area contributed by atoms with Crippen molar-refractivity contribution < 1.29 is 23.8 Å². The summed E-state index contributed by atoms with van der Waals surface area (Å²) in [6, 6.07) is 0. The second-order valence-electron chi connectivity index (χ2n) is 4.88. The molecule has 3 unspecified atom stereocenters. The molecule has 0 aromatic heterocycles. The third-order valence-corrected chi connectivity index (χ3v) is 4.05. The third kappa shape index (κ3) is 3.38. The molecule has 0 aliphatic heterocycles. The minimum Gasteiger partial charge on any atom is -0.469 e. The van der Waals surface area contributed by atoms with Crippen LogP contribution in [0.3, 0.4) is 0 Å². The fourth-order valence-electron chi connectivity index (χ4n) is 2.32. The zero-order chi connectivity index (χ0) is 15.0. The van der Waals surface area contributed by atoms with E-state index in [0.29, 0.717) is 0 Å². The van der Waals surface area contributed by atoms with Crippen LogP contribution < -0.4 is 0 Å². The van der Waals surface area contributed by atoms with E-state index < -0.39 is 39.3 Å². The summed E-state index contributed by atoms with van der Waals surface area (Å²) in [4.78, 5) is 22.9. The summed E-state index contributed by atoms with van der Waals surface area (Å²) in [5.41, 5.74) is -0.490. The van der Waals surface area contributed by atoms with E-state index in [1.54, 1.807) is 0 Å². The van der Waals surface area contributed by atoms with Crippen LogP contribution in [0.25, 0.3) is 0 Å². The van der Waals surface area contributed by atoms with Crippen LogP contribution in [-0.2, 0) is 19.0 Å². The maximum Gasteiger partial charge on any atom is 0.508 e. The fraction of sp³-hybridized carbons (Fsp3) is 0.818. The molecular formula is C11H15Cl3O5. The third-order valence-electron chi connectivity index (χ3n) is 3.40. The van der Waals surface area contributed by atoms with Gasteiger partial charge in [0.1, 0.15) is 0 Å². The number of hydrogen-bond acceptors (Lipinski definition) is 5. The molecule has 3 atom stereocenters. The smallest absolute Gasteiger partial charge is 0.469 e. The number of esters is 1. The van der Waals surface area contributed by atoms with Gasteiger partial charge in [0.15, 0.2) is 6.10 Å². The summed E-state index contributed by atoms with van der Waals surface area (Å²) in [6.07, 6.45) is -2.06. The Kier molecular flexibility index (Phi) is 4.86. The number of rotatable bonds is 3. The largest absolute Gasteiger partial charge is 0.508 e. The molecule has 0 heterocycles. The number of hydrogen-bond donors (Lipinski definition) is 0. The van der Waals surface area contributed by atoms with Crippen molar-refractivity contribution in [2.24, 2.45) is 17.3 Å². The first-order valence-electron chi connectivity index (χ1n) is 5.46. The lowest BCUT2D eigenvalue weighted by molar-refractivity contribution is -0.143. The summed E-state index contributed by atoms with van der Waals surface area (Å²) < 4.78 is 12.2. The van der Waals surface area contributed by atoms with E-state index in [-0.39, 0.29) is 0 Å². The lowest BCUT2D eigenvalue weighted by Gasteiger charge is -2.25. The van der Waals surface area contributed by atoms with Crippen LogP contribution in [0.5, 0.6) is 0 Å². The van der Waals surface area contributed by atoms with Gasteiger partial charge < -0.3 is 14.2 Å². The van der Waals surface area contributed by atoms with Crippen LogP contribution in [0.2, 0.25) is 0 Å². The lowest BCUT2D eigenvalue weighted by atomic mass is 10.1. The van der Waals surface area contributed by atoms with Gasteiger partial charge in [-0.1, -0.05) is 48.7 Å². The summed E-state index contributed by atoms with van der Waals surface area (Å²) in [5, 5.41) is 0. The average molecular weight is 334 g/mol. The van der Waals surface area contributed by atoms with Crippen molar-refractivity contribution in [3.8, 4) is 0 Å². The van der Waals surface area contributed by atoms with Gasteiger partial charge in [-0.05, 0) is 5.41 Å². The molecule has 0 bridgehead atoms. The molecule has 0 aromatic carbocycles. The van der Waals surface area contributed by atoms with Crippen LogP contribution >= 0.6 is 34.8 Å². The molecule has 1 rings (SSSR count). The molecule has 8 heteroatoms. The number of carbonyl (C=O) groups is 2. The van der Waals surface area contributed by atoms with Gasteiger partial charge in [-0.2, -0.15) is 0 Å². The van der Waals surface area contributed by atoms with Crippen molar-refractivity contribution >= 4 is 46.9 Å². The van der Waals surface area contributed by atoms with E-state index in [1.807, 2.05) is 13.8 Å². The standard InChI is InChI=1S/C11H15Cl3O5/c1-10(2)5(6(10)8(15)17-3)7(11(12,13)14)19-9(16)18-4/h5-7H,1-4H3. The predicted octanol–water partition coefficient (Wildman–Crippen LogP) is 2.95. The number of alkyl halides is 3. The molecule has 0 saturated heterocycles. The van der Waals surface area contributed by atoms with Crippen LogP contribution in [0.1, 0.15) is 13.8 Å². The van der Waals surface area contributed by atoms with Gasteiger partial charge in [-0.25, -0.2) is 4.79 Å². The molecule has 110 valence electrons. The van der Waals surface area contributed by atoms with Crippen molar-refractivity contribution in [2.75, 3.05) is 14.2 Å². The van der Waals surface area contributed by atoms with Gasteiger partial charge in [0.2, 0.25) is 3.79 Å². The lowest BCUT2D eigenvalue weighted by Crippen LogP contribution is -2.35. The first-order chi connectivity index (χ1) is 8.57. The van der Waals surface area contributed by atoms with Crippen LogP contribution in [0, 0.1) is 17.3 Å². The molecule has 1 aliphatic carbocycles. The van der Waals surface area contributed by atoms with E-state index in [0.717, 1.165) is 7.11 Å². The Morgan fingerprint density at radius 3 is 2.05 bits per heavy atom. The highest BCUT2D eigenvalue weighted by Crippen LogP contribution is 2.64. The number of halogens is 3. The predicted molar refractivity (Wildman–Crippen MR) is 70.3 cm³/mol. The monoisotopic (exact) mass is 332 g/mol. The molecule has 1 aliphatic rings. The number of methoxy groups -OCH3 is 2. The van der Waals surface area contributed by atoms with Gasteiger partial charge in [-0.15, -0.1) is 0 Å². The highest BCUT2D eigenvalue weighted by molar-refractivity contribution is 6.68.